The molecule has 0 heterocycles. The summed E-state index contributed by atoms with van der Waals surface area (Å²) < 4.78 is 0. The second-order valence-corrected chi connectivity index (χ2v) is 9.47. The molecule has 0 spiro atoms. The zero-order valence-corrected chi connectivity index (χ0v) is 12.8. The first-order valence-electron chi connectivity index (χ1n) is 9.38. The number of aliphatic hydroxyl groups is 1. The molecule has 1 heteroatoms. The van der Waals surface area contributed by atoms with Crippen LogP contribution in [0.4, 0.5) is 0 Å². The predicted molar refractivity (Wildman–Crippen MR) is 80.2 cm³/mol. The lowest BCUT2D eigenvalue weighted by Crippen LogP contribution is -2.52. The molecular weight excluding hydrogens is 244 g/mol. The largest absolute Gasteiger partial charge is 0.393 e. The van der Waals surface area contributed by atoms with Crippen molar-refractivity contribution in [3.63, 3.8) is 0 Å². The van der Waals surface area contributed by atoms with E-state index in [0.717, 1.165) is 41.9 Å². The molecule has 112 valence electrons. The lowest BCUT2D eigenvalue weighted by Gasteiger charge is -2.58. The van der Waals surface area contributed by atoms with E-state index in [1.165, 1.54) is 64.2 Å². The third-order valence-corrected chi connectivity index (χ3v) is 8.20. The first-order valence-corrected chi connectivity index (χ1v) is 9.38. The van der Waals surface area contributed by atoms with Gasteiger partial charge in [0.25, 0.3) is 0 Å². The normalized spacial score (nSPS) is 57.5. The van der Waals surface area contributed by atoms with Crippen molar-refractivity contribution in [1.82, 2.24) is 0 Å². The van der Waals surface area contributed by atoms with Crippen LogP contribution in [0.5, 0.6) is 0 Å². The maximum absolute atomic E-state index is 11.1. The average Bonchev–Trinajstić information content (AvgIpc) is 2.99. The fourth-order valence-electron chi connectivity index (χ4n) is 7.79. The molecule has 0 aromatic carbocycles. The van der Waals surface area contributed by atoms with Crippen molar-refractivity contribution >= 4 is 0 Å². The second-order valence-electron chi connectivity index (χ2n) is 9.47. The highest BCUT2D eigenvalue weighted by molar-refractivity contribution is 5.05. The number of aliphatic hydroxyl groups excluding tert-OH is 1. The first-order chi connectivity index (χ1) is 9.70. The minimum Gasteiger partial charge on any atom is -0.393 e. The van der Waals surface area contributed by atoms with Gasteiger partial charge in [-0.05, 0) is 105 Å². The minimum absolute atomic E-state index is 0.0419. The van der Waals surface area contributed by atoms with E-state index in [9.17, 15) is 5.11 Å². The number of hydrogen-bond donors (Lipinski definition) is 1. The van der Waals surface area contributed by atoms with Gasteiger partial charge < -0.3 is 5.11 Å². The summed E-state index contributed by atoms with van der Waals surface area (Å²) in [5, 5.41) is 11.1. The Bertz CT molecular complexity index is 365. The van der Waals surface area contributed by atoms with E-state index in [-0.39, 0.29) is 6.10 Å². The van der Waals surface area contributed by atoms with Crippen molar-refractivity contribution in [1.29, 1.82) is 0 Å². The van der Waals surface area contributed by atoms with Crippen LogP contribution in [0.1, 0.15) is 70.6 Å². The molecule has 1 N–H and O–H groups in total. The van der Waals surface area contributed by atoms with E-state index in [0.29, 0.717) is 5.41 Å². The Morgan fingerprint density at radius 1 is 0.800 bits per heavy atom. The SMILES string of the molecule is OC(CC1CC2CCC1C2)C12CC3CC(CC(C3)C1)C2. The molecule has 6 aliphatic rings. The minimum atomic E-state index is 0.0419. The maximum atomic E-state index is 11.1. The summed E-state index contributed by atoms with van der Waals surface area (Å²) in [4.78, 5) is 0. The molecule has 20 heavy (non-hydrogen) atoms. The third-order valence-electron chi connectivity index (χ3n) is 8.20. The van der Waals surface area contributed by atoms with Crippen LogP contribution in [0.2, 0.25) is 0 Å². The van der Waals surface area contributed by atoms with E-state index in [1.54, 1.807) is 0 Å². The highest BCUT2D eigenvalue weighted by atomic mass is 16.3. The van der Waals surface area contributed by atoms with Gasteiger partial charge in [-0.2, -0.15) is 0 Å². The van der Waals surface area contributed by atoms with Crippen LogP contribution in [0.25, 0.3) is 0 Å². The van der Waals surface area contributed by atoms with Gasteiger partial charge in [-0.1, -0.05) is 6.42 Å². The van der Waals surface area contributed by atoms with Gasteiger partial charge in [-0.25, -0.2) is 0 Å². The molecule has 6 fully saturated rings. The molecule has 0 saturated heterocycles. The number of fused-ring (bicyclic) bond motifs is 2. The van der Waals surface area contributed by atoms with Gasteiger partial charge in [0.2, 0.25) is 0 Å². The number of rotatable bonds is 3. The lowest BCUT2D eigenvalue weighted by atomic mass is 9.47. The van der Waals surface area contributed by atoms with E-state index >= 15 is 0 Å². The fraction of sp³-hybridized carbons (Fsp3) is 1.00. The smallest absolute Gasteiger partial charge is 0.0599 e. The Morgan fingerprint density at radius 2 is 1.45 bits per heavy atom. The zero-order valence-electron chi connectivity index (χ0n) is 12.8. The van der Waals surface area contributed by atoms with Crippen LogP contribution in [0, 0.1) is 40.9 Å². The molecule has 6 bridgehead atoms. The lowest BCUT2D eigenvalue weighted by molar-refractivity contribution is -0.127. The van der Waals surface area contributed by atoms with Gasteiger partial charge in [-0.15, -0.1) is 0 Å². The molecule has 6 rings (SSSR count). The zero-order chi connectivity index (χ0) is 13.3. The van der Waals surface area contributed by atoms with Crippen molar-refractivity contribution in [3.8, 4) is 0 Å². The standard InChI is InChI=1S/C19H30O/c20-18(8-17-7-12-1-2-16(17)6-12)19-9-13-3-14(10-19)5-15(4-13)11-19/h12-18,20H,1-11H2. The van der Waals surface area contributed by atoms with Crippen molar-refractivity contribution in [3.05, 3.63) is 0 Å². The summed E-state index contributed by atoms with van der Waals surface area (Å²) in [6.07, 6.45) is 15.8. The monoisotopic (exact) mass is 274 g/mol. The van der Waals surface area contributed by atoms with E-state index in [1.807, 2.05) is 0 Å². The topological polar surface area (TPSA) is 20.2 Å². The summed E-state index contributed by atoms with van der Waals surface area (Å²) in [6, 6.07) is 0. The van der Waals surface area contributed by atoms with Crippen LogP contribution in [-0.4, -0.2) is 11.2 Å². The van der Waals surface area contributed by atoms with Crippen LogP contribution in [0.3, 0.4) is 0 Å². The van der Waals surface area contributed by atoms with Crippen molar-refractivity contribution in [2.75, 3.05) is 0 Å². The van der Waals surface area contributed by atoms with E-state index < -0.39 is 0 Å². The quantitative estimate of drug-likeness (QED) is 0.809. The van der Waals surface area contributed by atoms with Gasteiger partial charge in [0.05, 0.1) is 6.10 Å². The molecule has 0 aliphatic heterocycles. The molecule has 0 amide bonds. The Hall–Kier alpha value is -0.0400. The second kappa shape index (κ2) is 4.24. The molecule has 0 radical (unpaired) electrons. The Labute approximate surface area is 123 Å². The molecule has 1 nitrogen and oxygen atoms in total. The Morgan fingerprint density at radius 3 is 1.95 bits per heavy atom. The molecular formula is C19H30O. The maximum Gasteiger partial charge on any atom is 0.0599 e. The summed E-state index contributed by atoms with van der Waals surface area (Å²) in [5.41, 5.74) is 0.372. The summed E-state index contributed by atoms with van der Waals surface area (Å²) in [6.45, 7) is 0. The van der Waals surface area contributed by atoms with Crippen molar-refractivity contribution < 1.29 is 5.11 Å². The Kier molecular flexibility index (Phi) is 2.65. The molecule has 4 atom stereocenters. The molecule has 0 aromatic heterocycles. The van der Waals surface area contributed by atoms with Gasteiger partial charge in [0.1, 0.15) is 0 Å². The van der Waals surface area contributed by atoms with Gasteiger partial charge in [-0.3, -0.25) is 0 Å². The molecule has 6 saturated carbocycles. The first kappa shape index (κ1) is 12.5. The summed E-state index contributed by atoms with van der Waals surface area (Å²) >= 11 is 0. The molecule has 6 aliphatic carbocycles. The van der Waals surface area contributed by atoms with Gasteiger partial charge in [0, 0.05) is 0 Å². The van der Waals surface area contributed by atoms with Crippen LogP contribution in [-0.2, 0) is 0 Å². The van der Waals surface area contributed by atoms with Crippen molar-refractivity contribution in [2.45, 2.75) is 76.7 Å². The van der Waals surface area contributed by atoms with E-state index in [4.69, 9.17) is 0 Å². The number of hydrogen-bond acceptors (Lipinski definition) is 1. The van der Waals surface area contributed by atoms with E-state index in [2.05, 4.69) is 0 Å². The van der Waals surface area contributed by atoms with Gasteiger partial charge in [0.15, 0.2) is 0 Å². The third kappa shape index (κ3) is 1.77. The summed E-state index contributed by atoms with van der Waals surface area (Å²) in [7, 11) is 0. The van der Waals surface area contributed by atoms with Crippen LogP contribution >= 0.6 is 0 Å². The van der Waals surface area contributed by atoms with Crippen LogP contribution < -0.4 is 0 Å². The average molecular weight is 274 g/mol. The molecule has 4 unspecified atom stereocenters. The highest BCUT2D eigenvalue weighted by Gasteiger charge is 2.54. The highest BCUT2D eigenvalue weighted by Crippen LogP contribution is 2.62. The van der Waals surface area contributed by atoms with Gasteiger partial charge >= 0.3 is 0 Å². The predicted octanol–water partition coefficient (Wildman–Crippen LogP) is 4.39. The van der Waals surface area contributed by atoms with Crippen LogP contribution in [0.15, 0.2) is 0 Å². The molecule has 0 aromatic rings. The Balaban J connectivity index is 1.32. The summed E-state index contributed by atoms with van der Waals surface area (Å²) in [5.74, 6) is 5.86. The fourth-order valence-corrected chi connectivity index (χ4v) is 7.79. The van der Waals surface area contributed by atoms with Crippen molar-refractivity contribution in [2.24, 2.45) is 40.9 Å².